The molecular formula is C12H15N5O2S. The fraction of sp³-hybridized carbons (Fsp3) is 0.333. The third-order valence-electron chi connectivity index (χ3n) is 3.46. The van der Waals surface area contributed by atoms with E-state index in [1.165, 1.54) is 4.31 Å². The lowest BCUT2D eigenvalue weighted by molar-refractivity contribution is 0.418. The Balaban J connectivity index is 1.98. The van der Waals surface area contributed by atoms with E-state index in [0.29, 0.717) is 19.5 Å². The lowest BCUT2D eigenvalue weighted by atomic mass is 9.94. The zero-order valence-corrected chi connectivity index (χ0v) is 11.6. The van der Waals surface area contributed by atoms with E-state index in [-0.39, 0.29) is 6.54 Å². The summed E-state index contributed by atoms with van der Waals surface area (Å²) in [4.78, 5) is 0. The van der Waals surface area contributed by atoms with Crippen molar-refractivity contribution in [2.45, 2.75) is 6.42 Å². The van der Waals surface area contributed by atoms with E-state index in [2.05, 4.69) is 15.5 Å². The Morgan fingerprint density at radius 2 is 2.25 bits per heavy atom. The molecule has 0 amide bonds. The van der Waals surface area contributed by atoms with Gasteiger partial charge in [0.15, 0.2) is 0 Å². The molecule has 0 aromatic carbocycles. The van der Waals surface area contributed by atoms with Crippen LogP contribution in [0.4, 0.5) is 0 Å². The molecule has 106 valence electrons. The zero-order valence-electron chi connectivity index (χ0n) is 10.8. The maximum absolute atomic E-state index is 11.5. The third-order valence-corrected chi connectivity index (χ3v) is 4.50. The average Bonchev–Trinajstić information content (AvgIpc) is 2.46. The van der Waals surface area contributed by atoms with E-state index in [4.69, 9.17) is 5.14 Å². The minimum Gasteiger partial charge on any atom is -0.385 e. The van der Waals surface area contributed by atoms with Gasteiger partial charge in [-0.2, -0.15) is 22.9 Å². The molecule has 0 atom stereocenters. The zero-order chi connectivity index (χ0) is 14.2. The highest BCUT2D eigenvalue weighted by atomic mass is 32.2. The minimum absolute atomic E-state index is 0.267. The Morgan fingerprint density at radius 1 is 1.40 bits per heavy atom. The molecule has 0 saturated heterocycles. The number of hydrogen-bond donors (Lipinski definition) is 2. The van der Waals surface area contributed by atoms with Gasteiger partial charge >= 0.3 is 0 Å². The predicted molar refractivity (Wildman–Crippen MR) is 74.3 cm³/mol. The van der Waals surface area contributed by atoms with Crippen LogP contribution in [0.1, 0.15) is 12.1 Å². The van der Waals surface area contributed by atoms with Crippen molar-refractivity contribution in [3.05, 3.63) is 41.4 Å². The van der Waals surface area contributed by atoms with E-state index in [9.17, 15) is 8.42 Å². The summed E-state index contributed by atoms with van der Waals surface area (Å²) < 4.78 is 24.3. The van der Waals surface area contributed by atoms with Gasteiger partial charge in [-0.25, -0.2) is 5.14 Å². The van der Waals surface area contributed by atoms with Crippen molar-refractivity contribution >= 4 is 15.8 Å². The van der Waals surface area contributed by atoms with E-state index < -0.39 is 10.2 Å². The van der Waals surface area contributed by atoms with Crippen LogP contribution in [0.15, 0.2) is 35.7 Å². The van der Waals surface area contributed by atoms with Crippen LogP contribution in [-0.4, -0.2) is 42.6 Å². The average molecular weight is 293 g/mol. The van der Waals surface area contributed by atoms with Gasteiger partial charge in [-0.05, 0) is 17.7 Å². The molecule has 3 rings (SSSR count). The number of rotatable bonds is 2. The van der Waals surface area contributed by atoms with Gasteiger partial charge in [0.25, 0.3) is 10.2 Å². The first-order chi connectivity index (χ1) is 9.55. The first-order valence-electron chi connectivity index (χ1n) is 6.28. The first kappa shape index (κ1) is 13.2. The van der Waals surface area contributed by atoms with Crippen LogP contribution in [0.3, 0.4) is 0 Å². The number of nitrogens with zero attached hydrogens (tertiary/aromatic N) is 3. The number of nitrogens with one attached hydrogen (secondary N) is 1. The second kappa shape index (κ2) is 4.97. The van der Waals surface area contributed by atoms with Gasteiger partial charge in [0.05, 0.1) is 5.69 Å². The van der Waals surface area contributed by atoms with Gasteiger partial charge in [-0.1, -0.05) is 6.08 Å². The van der Waals surface area contributed by atoms with Crippen LogP contribution in [0, 0.1) is 0 Å². The topological polar surface area (TPSA) is 101 Å². The molecule has 3 heterocycles. The van der Waals surface area contributed by atoms with E-state index >= 15 is 0 Å². The van der Waals surface area contributed by atoms with Crippen molar-refractivity contribution < 1.29 is 8.42 Å². The molecule has 0 unspecified atom stereocenters. The van der Waals surface area contributed by atoms with Crippen LogP contribution in [0.5, 0.6) is 0 Å². The van der Waals surface area contributed by atoms with Gasteiger partial charge in [-0.15, -0.1) is 0 Å². The lowest BCUT2D eigenvalue weighted by Crippen LogP contribution is -2.43. The molecule has 2 aliphatic heterocycles. The van der Waals surface area contributed by atoms with Crippen LogP contribution in [0.2, 0.25) is 0 Å². The van der Waals surface area contributed by atoms with Crippen molar-refractivity contribution in [1.29, 1.82) is 0 Å². The van der Waals surface area contributed by atoms with Gasteiger partial charge < -0.3 is 5.32 Å². The molecule has 0 radical (unpaired) electrons. The third kappa shape index (κ3) is 2.45. The Morgan fingerprint density at radius 3 is 2.95 bits per heavy atom. The SMILES string of the molecule is NS(=O)(=O)N1CCC2=C(C1)C(c1cccnn1)=CCN2. The van der Waals surface area contributed by atoms with Gasteiger partial charge in [0, 0.05) is 43.5 Å². The van der Waals surface area contributed by atoms with Crippen molar-refractivity contribution in [3.8, 4) is 0 Å². The van der Waals surface area contributed by atoms with Crippen molar-refractivity contribution in [2.75, 3.05) is 19.6 Å². The summed E-state index contributed by atoms with van der Waals surface area (Å²) in [6.07, 6.45) is 4.23. The van der Waals surface area contributed by atoms with E-state index in [1.807, 2.05) is 18.2 Å². The number of nitrogens with two attached hydrogens (primary N) is 1. The normalized spacial score (nSPS) is 20.1. The maximum atomic E-state index is 11.5. The Kier molecular flexibility index (Phi) is 3.28. The number of hydrogen-bond acceptors (Lipinski definition) is 5. The largest absolute Gasteiger partial charge is 0.385 e. The quantitative estimate of drug-likeness (QED) is 0.774. The Bertz CT molecular complexity index is 681. The maximum Gasteiger partial charge on any atom is 0.277 e. The second-order valence-corrected chi connectivity index (χ2v) is 6.24. The minimum atomic E-state index is -3.67. The molecule has 2 aliphatic rings. The summed E-state index contributed by atoms with van der Waals surface area (Å²) >= 11 is 0. The summed E-state index contributed by atoms with van der Waals surface area (Å²) in [5, 5.41) is 16.5. The highest BCUT2D eigenvalue weighted by Crippen LogP contribution is 2.31. The number of aromatic nitrogens is 2. The van der Waals surface area contributed by atoms with Crippen LogP contribution in [0.25, 0.3) is 5.57 Å². The molecule has 0 saturated carbocycles. The van der Waals surface area contributed by atoms with Crippen LogP contribution in [-0.2, 0) is 10.2 Å². The Labute approximate surface area is 117 Å². The standard InChI is InChI=1S/C12H15N5O2S/c13-20(18,19)17-7-4-11-10(8-17)9(3-6-14-11)12-2-1-5-15-16-12/h1-3,5,14H,4,6-8H2,(H2,13,18,19). The van der Waals surface area contributed by atoms with Gasteiger partial charge in [0.1, 0.15) is 0 Å². The highest BCUT2D eigenvalue weighted by Gasteiger charge is 2.29. The van der Waals surface area contributed by atoms with E-state index in [0.717, 1.165) is 22.5 Å². The second-order valence-electron chi connectivity index (χ2n) is 4.69. The molecule has 20 heavy (non-hydrogen) atoms. The molecule has 0 aliphatic carbocycles. The summed E-state index contributed by atoms with van der Waals surface area (Å²) in [5.41, 5.74) is 3.67. The summed E-state index contributed by atoms with van der Waals surface area (Å²) in [6.45, 7) is 1.38. The fourth-order valence-electron chi connectivity index (χ4n) is 2.50. The number of dihydropyridines is 1. The molecular weight excluding hydrogens is 278 g/mol. The van der Waals surface area contributed by atoms with Crippen molar-refractivity contribution in [3.63, 3.8) is 0 Å². The molecule has 8 heteroatoms. The lowest BCUT2D eigenvalue weighted by Gasteiger charge is -2.32. The molecule has 0 spiro atoms. The van der Waals surface area contributed by atoms with E-state index in [1.54, 1.807) is 6.20 Å². The summed E-state index contributed by atoms with van der Waals surface area (Å²) in [7, 11) is -3.67. The van der Waals surface area contributed by atoms with Crippen LogP contribution < -0.4 is 10.5 Å². The van der Waals surface area contributed by atoms with Crippen molar-refractivity contribution in [2.24, 2.45) is 5.14 Å². The molecule has 1 aromatic heterocycles. The van der Waals surface area contributed by atoms with Gasteiger partial charge in [-0.3, -0.25) is 0 Å². The van der Waals surface area contributed by atoms with Crippen molar-refractivity contribution in [1.82, 2.24) is 19.8 Å². The summed E-state index contributed by atoms with van der Waals surface area (Å²) in [6, 6.07) is 3.68. The molecule has 0 bridgehead atoms. The summed E-state index contributed by atoms with van der Waals surface area (Å²) in [5.74, 6) is 0. The Hall–Kier alpha value is -1.77. The van der Waals surface area contributed by atoms with Gasteiger partial charge in [0.2, 0.25) is 0 Å². The predicted octanol–water partition coefficient (Wildman–Crippen LogP) is -0.373. The molecule has 1 aromatic rings. The molecule has 7 nitrogen and oxygen atoms in total. The molecule has 0 fully saturated rings. The molecule has 3 N–H and O–H groups in total. The first-order valence-corrected chi connectivity index (χ1v) is 7.78. The smallest absolute Gasteiger partial charge is 0.277 e. The monoisotopic (exact) mass is 293 g/mol. The highest BCUT2D eigenvalue weighted by molar-refractivity contribution is 7.86. The fourth-order valence-corrected chi connectivity index (χ4v) is 3.16. The van der Waals surface area contributed by atoms with Crippen LogP contribution >= 0.6 is 0 Å².